The number of methoxy groups -OCH3 is 1. The van der Waals surface area contributed by atoms with E-state index in [1.165, 1.54) is 7.11 Å². The molecule has 0 saturated heterocycles. The Kier molecular flexibility index (Phi) is 6.62. The highest BCUT2D eigenvalue weighted by Gasteiger charge is 2.31. The summed E-state index contributed by atoms with van der Waals surface area (Å²) in [6.45, 7) is 5.68. The van der Waals surface area contributed by atoms with E-state index >= 15 is 0 Å². The molecule has 0 aliphatic heterocycles. The van der Waals surface area contributed by atoms with Crippen molar-refractivity contribution < 1.29 is 14.9 Å². The zero-order chi connectivity index (χ0) is 14.1. The van der Waals surface area contributed by atoms with Crippen molar-refractivity contribution in [1.29, 1.82) is 0 Å². The first-order valence-electron chi connectivity index (χ1n) is 5.68. The van der Waals surface area contributed by atoms with Crippen molar-refractivity contribution in [2.75, 3.05) is 7.11 Å². The summed E-state index contributed by atoms with van der Waals surface area (Å²) >= 11 is 3.33. The monoisotopic (exact) mass is 353 g/mol. The molecule has 0 spiro atoms. The molecule has 0 aliphatic rings. The lowest BCUT2D eigenvalue weighted by Gasteiger charge is -2.31. The molecule has 4 nitrogen and oxygen atoms in total. The molecule has 19 heavy (non-hydrogen) atoms. The Hall–Kier alpha value is -0.490. The lowest BCUT2D eigenvalue weighted by Crippen LogP contribution is -2.37. The predicted octanol–water partition coefficient (Wildman–Crippen LogP) is 2.99. The van der Waals surface area contributed by atoms with E-state index in [4.69, 9.17) is 10.5 Å². The van der Waals surface area contributed by atoms with Gasteiger partial charge in [-0.05, 0) is 17.5 Å². The fraction of sp³-hybridized carbons (Fsp3) is 0.538. The lowest BCUT2D eigenvalue weighted by molar-refractivity contribution is 0.0394. The van der Waals surface area contributed by atoms with E-state index in [0.29, 0.717) is 11.3 Å². The van der Waals surface area contributed by atoms with E-state index in [1.54, 1.807) is 12.1 Å². The van der Waals surface area contributed by atoms with Crippen LogP contribution in [0, 0.1) is 5.41 Å². The van der Waals surface area contributed by atoms with Gasteiger partial charge >= 0.3 is 0 Å². The number of phenolic OH excluding ortho intramolecular Hbond substituents is 1. The Labute approximate surface area is 128 Å². The lowest BCUT2D eigenvalue weighted by atomic mass is 9.82. The van der Waals surface area contributed by atoms with Crippen molar-refractivity contribution in [3.63, 3.8) is 0 Å². The minimum atomic E-state index is -0.776. The minimum Gasteiger partial charge on any atom is -0.504 e. The van der Waals surface area contributed by atoms with Gasteiger partial charge in [-0.1, -0.05) is 36.7 Å². The summed E-state index contributed by atoms with van der Waals surface area (Å²) in [5.41, 5.74) is 6.12. The van der Waals surface area contributed by atoms with Crippen LogP contribution in [0.25, 0.3) is 0 Å². The molecule has 0 radical (unpaired) electrons. The number of aliphatic hydroxyl groups is 1. The first-order valence-corrected chi connectivity index (χ1v) is 6.47. The number of phenols is 1. The molecule has 6 heteroatoms. The van der Waals surface area contributed by atoms with Crippen LogP contribution in [0.5, 0.6) is 11.5 Å². The highest BCUT2D eigenvalue weighted by atomic mass is 79.9. The van der Waals surface area contributed by atoms with Crippen molar-refractivity contribution in [2.24, 2.45) is 11.1 Å². The molecular weight excluding hydrogens is 334 g/mol. The molecule has 0 fully saturated rings. The smallest absolute Gasteiger partial charge is 0.162 e. The molecule has 1 rings (SSSR count). The van der Waals surface area contributed by atoms with Crippen LogP contribution in [0.3, 0.4) is 0 Å². The summed E-state index contributed by atoms with van der Waals surface area (Å²) in [6.07, 6.45) is -0.776. The molecule has 0 aromatic heterocycles. The SMILES string of the molecule is COc1cc(Br)cc([C@@H](N)[C@@H](O)C(C)(C)C)c1O.Cl. The molecule has 0 bridgehead atoms. The molecule has 0 aliphatic carbocycles. The molecule has 2 atom stereocenters. The molecular formula is C13H21BrClNO3. The summed E-state index contributed by atoms with van der Waals surface area (Å²) in [5, 5.41) is 20.3. The van der Waals surface area contributed by atoms with Gasteiger partial charge in [0.1, 0.15) is 0 Å². The van der Waals surface area contributed by atoms with Gasteiger partial charge in [0.2, 0.25) is 0 Å². The fourth-order valence-electron chi connectivity index (χ4n) is 1.71. The van der Waals surface area contributed by atoms with Crippen LogP contribution in [0.4, 0.5) is 0 Å². The van der Waals surface area contributed by atoms with Gasteiger partial charge < -0.3 is 20.7 Å². The van der Waals surface area contributed by atoms with E-state index in [0.717, 1.165) is 4.47 Å². The van der Waals surface area contributed by atoms with Crippen molar-refractivity contribution >= 4 is 28.3 Å². The van der Waals surface area contributed by atoms with E-state index in [-0.39, 0.29) is 23.6 Å². The fourth-order valence-corrected chi connectivity index (χ4v) is 2.17. The highest BCUT2D eigenvalue weighted by Crippen LogP contribution is 2.39. The Morgan fingerprint density at radius 3 is 2.26 bits per heavy atom. The van der Waals surface area contributed by atoms with Gasteiger partial charge in [-0.2, -0.15) is 0 Å². The van der Waals surface area contributed by atoms with Gasteiger partial charge in [0.05, 0.1) is 19.3 Å². The summed E-state index contributed by atoms with van der Waals surface area (Å²) in [6, 6.07) is 2.66. The summed E-state index contributed by atoms with van der Waals surface area (Å²) in [7, 11) is 1.47. The third-order valence-electron chi connectivity index (χ3n) is 2.88. The normalized spacial score (nSPS) is 14.5. The number of hydrogen-bond acceptors (Lipinski definition) is 4. The number of rotatable bonds is 3. The largest absolute Gasteiger partial charge is 0.504 e. The Morgan fingerprint density at radius 1 is 1.32 bits per heavy atom. The van der Waals surface area contributed by atoms with E-state index in [1.807, 2.05) is 20.8 Å². The van der Waals surface area contributed by atoms with E-state index < -0.39 is 12.1 Å². The summed E-state index contributed by atoms with van der Waals surface area (Å²) in [4.78, 5) is 0. The standard InChI is InChI=1S/C13H20BrNO3.ClH/c1-13(2,3)12(17)10(15)8-5-7(14)6-9(18-4)11(8)16;/h5-6,10,12,16-17H,15H2,1-4H3;1H/t10-,12-;/m1./s1. The number of aromatic hydroxyl groups is 1. The van der Waals surface area contributed by atoms with Gasteiger partial charge in [0.25, 0.3) is 0 Å². The minimum absolute atomic E-state index is 0. The van der Waals surface area contributed by atoms with Crippen LogP contribution in [0.2, 0.25) is 0 Å². The van der Waals surface area contributed by atoms with Gasteiger partial charge in [0, 0.05) is 10.0 Å². The Bertz CT molecular complexity index is 435. The summed E-state index contributed by atoms with van der Waals surface area (Å²) < 4.78 is 5.80. The number of hydrogen-bond donors (Lipinski definition) is 3. The van der Waals surface area contributed by atoms with Crippen molar-refractivity contribution in [3.05, 3.63) is 22.2 Å². The van der Waals surface area contributed by atoms with Gasteiger partial charge in [-0.15, -0.1) is 12.4 Å². The zero-order valence-electron chi connectivity index (χ0n) is 11.5. The quantitative estimate of drug-likeness (QED) is 0.780. The molecule has 0 unspecified atom stereocenters. The summed E-state index contributed by atoms with van der Waals surface area (Å²) in [5.74, 6) is 0.299. The second kappa shape index (κ2) is 6.79. The maximum absolute atomic E-state index is 10.2. The third kappa shape index (κ3) is 4.24. The molecule has 1 aromatic rings. The maximum Gasteiger partial charge on any atom is 0.162 e. The highest BCUT2D eigenvalue weighted by molar-refractivity contribution is 9.10. The number of benzene rings is 1. The van der Waals surface area contributed by atoms with Gasteiger partial charge in [0.15, 0.2) is 11.5 Å². The first kappa shape index (κ1) is 18.5. The predicted molar refractivity (Wildman–Crippen MR) is 82.0 cm³/mol. The zero-order valence-corrected chi connectivity index (χ0v) is 13.9. The number of nitrogens with two attached hydrogens (primary N) is 1. The van der Waals surface area contributed by atoms with Crippen LogP contribution < -0.4 is 10.5 Å². The Morgan fingerprint density at radius 2 is 1.84 bits per heavy atom. The van der Waals surface area contributed by atoms with Crippen LogP contribution in [-0.4, -0.2) is 23.4 Å². The maximum atomic E-state index is 10.2. The molecule has 0 amide bonds. The van der Waals surface area contributed by atoms with Crippen LogP contribution in [0.1, 0.15) is 32.4 Å². The molecule has 110 valence electrons. The van der Waals surface area contributed by atoms with Crippen LogP contribution >= 0.6 is 28.3 Å². The number of aliphatic hydroxyl groups excluding tert-OH is 1. The van der Waals surface area contributed by atoms with Gasteiger partial charge in [-0.3, -0.25) is 0 Å². The van der Waals surface area contributed by atoms with E-state index in [2.05, 4.69) is 15.9 Å². The van der Waals surface area contributed by atoms with Crippen molar-refractivity contribution in [3.8, 4) is 11.5 Å². The Balaban J connectivity index is 0.00000324. The molecule has 0 heterocycles. The van der Waals surface area contributed by atoms with Crippen molar-refractivity contribution in [2.45, 2.75) is 32.9 Å². The molecule has 1 aromatic carbocycles. The number of halogens is 2. The molecule has 4 N–H and O–H groups in total. The number of ether oxygens (including phenoxy) is 1. The van der Waals surface area contributed by atoms with Gasteiger partial charge in [-0.25, -0.2) is 0 Å². The topological polar surface area (TPSA) is 75.7 Å². The van der Waals surface area contributed by atoms with E-state index in [9.17, 15) is 10.2 Å². The third-order valence-corrected chi connectivity index (χ3v) is 3.33. The van der Waals surface area contributed by atoms with Crippen LogP contribution in [-0.2, 0) is 0 Å². The average Bonchev–Trinajstić information content (AvgIpc) is 2.28. The second-order valence-electron chi connectivity index (χ2n) is 5.38. The van der Waals surface area contributed by atoms with Crippen molar-refractivity contribution in [1.82, 2.24) is 0 Å². The first-order chi connectivity index (χ1) is 8.18. The average molecular weight is 355 g/mol. The molecule has 0 saturated carbocycles. The second-order valence-corrected chi connectivity index (χ2v) is 6.30. The van der Waals surface area contributed by atoms with Crippen LogP contribution in [0.15, 0.2) is 16.6 Å².